The number of pyridine rings is 1. The summed E-state index contributed by atoms with van der Waals surface area (Å²) in [5.74, 6) is -1.15. The summed E-state index contributed by atoms with van der Waals surface area (Å²) in [4.78, 5) is 24.0. The lowest BCUT2D eigenvalue weighted by molar-refractivity contribution is -0.140. The van der Waals surface area contributed by atoms with Gasteiger partial charge in [0.2, 0.25) is 15.6 Å². The van der Waals surface area contributed by atoms with Crippen LogP contribution in [0.15, 0.2) is 28.0 Å². The zero-order chi connectivity index (χ0) is 13.3. The number of nitrogens with one attached hydrogen (secondary N) is 1. The van der Waals surface area contributed by atoms with Crippen LogP contribution in [0, 0.1) is 0 Å². The molecule has 8 heteroatoms. The van der Waals surface area contributed by atoms with Crippen LogP contribution in [0.5, 0.6) is 0 Å². The molecule has 1 unspecified atom stereocenters. The smallest absolute Gasteiger partial charge is 0.322 e. The standard InChI is InChI=1S/C10H12N2O5S/c13-9-4-3-7(6-11-9)18(16,17)12-5-1-2-8(12)10(14)15/h3-4,6,8H,1-2,5H2,(H,11,13)(H,14,15). The molecule has 7 nitrogen and oxygen atoms in total. The number of aliphatic carboxylic acids is 1. The first-order chi connectivity index (χ1) is 8.43. The zero-order valence-electron chi connectivity index (χ0n) is 9.37. The van der Waals surface area contributed by atoms with Gasteiger partial charge in [-0.05, 0) is 18.9 Å². The van der Waals surface area contributed by atoms with Crippen LogP contribution < -0.4 is 5.56 Å². The predicted molar refractivity (Wildman–Crippen MR) is 61.6 cm³/mol. The summed E-state index contributed by atoms with van der Waals surface area (Å²) in [6.45, 7) is 0.179. The number of carbonyl (C=O) groups is 1. The first-order valence-corrected chi connectivity index (χ1v) is 6.80. The molecule has 18 heavy (non-hydrogen) atoms. The summed E-state index contributed by atoms with van der Waals surface area (Å²) < 4.78 is 25.4. The van der Waals surface area contributed by atoms with Crippen LogP contribution in [0.25, 0.3) is 0 Å². The fourth-order valence-corrected chi connectivity index (χ4v) is 3.59. The summed E-state index contributed by atoms with van der Waals surface area (Å²) in [7, 11) is -3.87. The van der Waals surface area contributed by atoms with Crippen molar-refractivity contribution in [1.29, 1.82) is 0 Å². The van der Waals surface area contributed by atoms with E-state index in [1.54, 1.807) is 0 Å². The van der Waals surface area contributed by atoms with Crippen LogP contribution in [-0.2, 0) is 14.8 Å². The van der Waals surface area contributed by atoms with Gasteiger partial charge in [-0.1, -0.05) is 0 Å². The number of hydrogen-bond donors (Lipinski definition) is 2. The van der Waals surface area contributed by atoms with E-state index in [4.69, 9.17) is 5.11 Å². The maximum absolute atomic E-state index is 12.2. The van der Waals surface area contributed by atoms with Crippen LogP contribution in [0.1, 0.15) is 12.8 Å². The maximum Gasteiger partial charge on any atom is 0.322 e. The molecule has 2 heterocycles. The molecule has 0 aromatic carbocycles. The zero-order valence-corrected chi connectivity index (χ0v) is 10.2. The molecule has 0 radical (unpaired) electrons. The lowest BCUT2D eigenvalue weighted by Gasteiger charge is -2.20. The van der Waals surface area contributed by atoms with E-state index in [0.717, 1.165) is 16.6 Å². The summed E-state index contributed by atoms with van der Waals surface area (Å²) in [5.41, 5.74) is -0.412. The van der Waals surface area contributed by atoms with Crippen molar-refractivity contribution in [3.63, 3.8) is 0 Å². The number of hydrogen-bond acceptors (Lipinski definition) is 4. The Bertz CT molecular complexity index is 601. The lowest BCUT2D eigenvalue weighted by atomic mass is 10.2. The highest BCUT2D eigenvalue weighted by atomic mass is 32.2. The van der Waals surface area contributed by atoms with Gasteiger partial charge in [-0.3, -0.25) is 9.59 Å². The quantitative estimate of drug-likeness (QED) is 0.779. The fraction of sp³-hybridized carbons (Fsp3) is 0.400. The molecule has 1 aromatic rings. The van der Waals surface area contributed by atoms with Gasteiger partial charge in [-0.15, -0.1) is 0 Å². The van der Waals surface area contributed by atoms with Gasteiger partial charge in [-0.2, -0.15) is 4.31 Å². The molecule has 2 rings (SSSR count). The van der Waals surface area contributed by atoms with Crippen molar-refractivity contribution in [1.82, 2.24) is 9.29 Å². The number of sulfonamides is 1. The molecule has 1 atom stereocenters. The number of rotatable bonds is 3. The number of H-pyrrole nitrogens is 1. The highest BCUT2D eigenvalue weighted by molar-refractivity contribution is 7.89. The van der Waals surface area contributed by atoms with Crippen molar-refractivity contribution in [2.24, 2.45) is 0 Å². The Morgan fingerprint density at radius 2 is 2.17 bits per heavy atom. The number of nitrogens with zero attached hydrogens (tertiary/aromatic N) is 1. The molecule has 0 spiro atoms. The van der Waals surface area contributed by atoms with Crippen molar-refractivity contribution in [3.8, 4) is 0 Å². The summed E-state index contributed by atoms with van der Waals surface area (Å²) >= 11 is 0. The Hall–Kier alpha value is -1.67. The van der Waals surface area contributed by atoms with Crippen molar-refractivity contribution in [2.45, 2.75) is 23.8 Å². The number of carboxylic acids is 1. The van der Waals surface area contributed by atoms with Crippen molar-refractivity contribution in [2.75, 3.05) is 6.54 Å². The van der Waals surface area contributed by atoms with E-state index in [2.05, 4.69) is 4.98 Å². The van der Waals surface area contributed by atoms with Crippen LogP contribution in [0.3, 0.4) is 0 Å². The average Bonchev–Trinajstić information content (AvgIpc) is 2.79. The van der Waals surface area contributed by atoms with E-state index in [1.807, 2.05) is 0 Å². The molecule has 0 amide bonds. The lowest BCUT2D eigenvalue weighted by Crippen LogP contribution is -2.40. The molecule has 0 aliphatic carbocycles. The van der Waals surface area contributed by atoms with Gasteiger partial charge in [0.25, 0.3) is 0 Å². The number of aromatic nitrogens is 1. The third kappa shape index (κ3) is 2.16. The third-order valence-corrected chi connectivity index (χ3v) is 4.76. The minimum absolute atomic E-state index is 0.102. The van der Waals surface area contributed by atoms with E-state index in [9.17, 15) is 18.0 Å². The monoisotopic (exact) mass is 272 g/mol. The van der Waals surface area contributed by atoms with Crippen molar-refractivity contribution in [3.05, 3.63) is 28.7 Å². The van der Waals surface area contributed by atoms with Gasteiger partial charge in [0, 0.05) is 18.8 Å². The van der Waals surface area contributed by atoms with Gasteiger partial charge in [0.15, 0.2) is 0 Å². The van der Waals surface area contributed by atoms with E-state index < -0.39 is 27.6 Å². The molecule has 98 valence electrons. The molecule has 1 aromatic heterocycles. The van der Waals surface area contributed by atoms with Gasteiger partial charge in [0.05, 0.1) is 4.90 Å². The first kappa shape index (κ1) is 12.8. The van der Waals surface area contributed by atoms with E-state index >= 15 is 0 Å². The Labute approximate surface area is 103 Å². The predicted octanol–water partition coefficient (Wildman–Crippen LogP) is -0.387. The summed E-state index contributed by atoms with van der Waals surface area (Å²) in [6.07, 6.45) is 1.90. The van der Waals surface area contributed by atoms with Crippen LogP contribution >= 0.6 is 0 Å². The molecule has 1 fully saturated rings. The van der Waals surface area contributed by atoms with E-state index in [-0.39, 0.29) is 11.4 Å². The fourth-order valence-electron chi connectivity index (χ4n) is 1.97. The highest BCUT2D eigenvalue weighted by Crippen LogP contribution is 2.25. The Morgan fingerprint density at radius 1 is 1.44 bits per heavy atom. The van der Waals surface area contributed by atoms with E-state index in [0.29, 0.717) is 12.8 Å². The number of carboxylic acid groups (broad SMARTS) is 1. The molecule has 0 bridgehead atoms. The normalized spacial score (nSPS) is 21.0. The molecular weight excluding hydrogens is 260 g/mol. The Kier molecular flexibility index (Phi) is 3.22. The molecule has 1 aliphatic rings. The molecular formula is C10H12N2O5S. The second kappa shape index (κ2) is 4.54. The summed E-state index contributed by atoms with van der Waals surface area (Å²) in [6, 6.07) is 1.24. The molecule has 1 saturated heterocycles. The first-order valence-electron chi connectivity index (χ1n) is 5.36. The third-order valence-electron chi connectivity index (χ3n) is 2.85. The molecule has 1 aliphatic heterocycles. The van der Waals surface area contributed by atoms with Crippen LogP contribution in [-0.4, -0.2) is 41.4 Å². The van der Waals surface area contributed by atoms with Gasteiger partial charge in [0.1, 0.15) is 6.04 Å². The Morgan fingerprint density at radius 3 is 2.72 bits per heavy atom. The average molecular weight is 272 g/mol. The molecule has 0 saturated carbocycles. The minimum atomic E-state index is -3.87. The second-order valence-corrected chi connectivity index (χ2v) is 5.89. The van der Waals surface area contributed by atoms with Crippen LogP contribution in [0.2, 0.25) is 0 Å². The highest BCUT2D eigenvalue weighted by Gasteiger charge is 2.39. The minimum Gasteiger partial charge on any atom is -0.480 e. The van der Waals surface area contributed by atoms with E-state index in [1.165, 1.54) is 6.07 Å². The Balaban J connectivity index is 2.39. The van der Waals surface area contributed by atoms with Crippen molar-refractivity contribution < 1.29 is 18.3 Å². The van der Waals surface area contributed by atoms with Crippen molar-refractivity contribution >= 4 is 16.0 Å². The van der Waals surface area contributed by atoms with Gasteiger partial charge < -0.3 is 10.1 Å². The summed E-state index contributed by atoms with van der Waals surface area (Å²) in [5, 5.41) is 8.97. The van der Waals surface area contributed by atoms with Gasteiger partial charge >= 0.3 is 5.97 Å². The van der Waals surface area contributed by atoms with Gasteiger partial charge in [-0.25, -0.2) is 8.42 Å². The van der Waals surface area contributed by atoms with Crippen LogP contribution in [0.4, 0.5) is 0 Å². The number of aromatic amines is 1. The topological polar surface area (TPSA) is 108 Å². The molecule has 2 N–H and O–H groups in total. The SMILES string of the molecule is O=C(O)C1CCCN1S(=O)(=O)c1ccc(=O)[nH]c1. The maximum atomic E-state index is 12.2. The second-order valence-electron chi connectivity index (χ2n) is 4.00. The largest absolute Gasteiger partial charge is 0.480 e.